The second-order valence-corrected chi connectivity index (χ2v) is 5.30. The van der Waals surface area contributed by atoms with Crippen molar-refractivity contribution in [3.63, 3.8) is 0 Å². The van der Waals surface area contributed by atoms with Gasteiger partial charge in [-0.25, -0.2) is 9.59 Å². The van der Waals surface area contributed by atoms with Crippen molar-refractivity contribution >= 4 is 11.9 Å². The summed E-state index contributed by atoms with van der Waals surface area (Å²) < 4.78 is 0. The molecule has 3 N–H and O–H groups in total. The molecule has 2 rings (SSSR count). The molecule has 0 spiro atoms. The Morgan fingerprint density at radius 1 is 1.18 bits per heavy atom. The minimum absolute atomic E-state index is 0.465. The average molecular weight is 305 g/mol. The van der Waals surface area contributed by atoms with E-state index in [9.17, 15) is 0 Å². The molecule has 0 aromatic heterocycles. The molecule has 0 saturated heterocycles. The highest BCUT2D eigenvalue weighted by Crippen LogP contribution is 2.19. The SMILES string of the molecule is CC(NCC1CC=CCC1)c1ccccc1.O=C(O)C(=O)O. The third-order valence-electron chi connectivity index (χ3n) is 3.57. The van der Waals surface area contributed by atoms with Gasteiger partial charge in [0.25, 0.3) is 0 Å². The summed E-state index contributed by atoms with van der Waals surface area (Å²) in [5.74, 6) is -2.82. The zero-order valence-electron chi connectivity index (χ0n) is 12.7. The van der Waals surface area contributed by atoms with E-state index in [2.05, 4.69) is 54.7 Å². The maximum Gasteiger partial charge on any atom is 0.414 e. The van der Waals surface area contributed by atoms with Crippen LogP contribution in [0.15, 0.2) is 42.5 Å². The molecule has 1 aromatic carbocycles. The summed E-state index contributed by atoms with van der Waals surface area (Å²) in [5.41, 5.74) is 1.38. The summed E-state index contributed by atoms with van der Waals surface area (Å²) >= 11 is 0. The van der Waals surface area contributed by atoms with Gasteiger partial charge < -0.3 is 15.5 Å². The molecule has 0 heterocycles. The molecule has 0 aliphatic heterocycles. The number of carboxylic acids is 2. The van der Waals surface area contributed by atoms with E-state index >= 15 is 0 Å². The highest BCUT2D eigenvalue weighted by atomic mass is 16.4. The molecule has 1 aliphatic carbocycles. The topological polar surface area (TPSA) is 86.6 Å². The summed E-state index contributed by atoms with van der Waals surface area (Å²) in [7, 11) is 0. The van der Waals surface area contributed by atoms with Gasteiger partial charge in [-0.2, -0.15) is 0 Å². The first-order chi connectivity index (χ1) is 10.5. The number of carbonyl (C=O) groups is 2. The van der Waals surface area contributed by atoms with Crippen molar-refractivity contribution in [2.75, 3.05) is 6.54 Å². The van der Waals surface area contributed by atoms with Crippen LogP contribution in [0.5, 0.6) is 0 Å². The van der Waals surface area contributed by atoms with Crippen LogP contribution < -0.4 is 5.32 Å². The Balaban J connectivity index is 0.000000346. The van der Waals surface area contributed by atoms with Gasteiger partial charge in [-0.15, -0.1) is 0 Å². The molecule has 5 nitrogen and oxygen atoms in total. The van der Waals surface area contributed by atoms with Crippen molar-refractivity contribution in [3.05, 3.63) is 48.0 Å². The second kappa shape index (κ2) is 9.73. The van der Waals surface area contributed by atoms with E-state index in [1.54, 1.807) is 0 Å². The molecule has 2 atom stereocenters. The molecule has 22 heavy (non-hydrogen) atoms. The van der Waals surface area contributed by atoms with E-state index in [-0.39, 0.29) is 0 Å². The largest absolute Gasteiger partial charge is 0.473 e. The Labute approximate surface area is 130 Å². The number of carboxylic acid groups (broad SMARTS) is 2. The van der Waals surface area contributed by atoms with Crippen LogP contribution in [0.25, 0.3) is 0 Å². The number of aliphatic carboxylic acids is 2. The lowest BCUT2D eigenvalue weighted by Crippen LogP contribution is -2.26. The van der Waals surface area contributed by atoms with Crippen LogP contribution in [0.4, 0.5) is 0 Å². The Morgan fingerprint density at radius 3 is 2.32 bits per heavy atom. The normalized spacial score (nSPS) is 18.0. The van der Waals surface area contributed by atoms with Gasteiger partial charge in [0, 0.05) is 6.04 Å². The standard InChI is InChI=1S/C15H21N.C2H2O4/c1-13(15-10-6-3-7-11-15)16-12-14-8-4-2-5-9-14;3-1(4)2(5)6/h2-4,6-7,10-11,13-14,16H,5,8-9,12H2,1H3;(H,3,4)(H,5,6). The maximum atomic E-state index is 9.10. The Hall–Kier alpha value is -2.14. The van der Waals surface area contributed by atoms with E-state index in [0.717, 1.165) is 12.5 Å². The highest BCUT2D eigenvalue weighted by Gasteiger charge is 2.11. The third-order valence-corrected chi connectivity index (χ3v) is 3.57. The zero-order valence-corrected chi connectivity index (χ0v) is 12.7. The highest BCUT2D eigenvalue weighted by molar-refractivity contribution is 6.27. The minimum atomic E-state index is -1.82. The molecule has 0 amide bonds. The predicted octanol–water partition coefficient (Wildman–Crippen LogP) is 2.85. The first-order valence-corrected chi connectivity index (χ1v) is 7.40. The maximum absolute atomic E-state index is 9.10. The van der Waals surface area contributed by atoms with Crippen molar-refractivity contribution in [1.82, 2.24) is 5.32 Å². The number of rotatable bonds is 4. The molecule has 0 bridgehead atoms. The molecular weight excluding hydrogens is 282 g/mol. The van der Waals surface area contributed by atoms with E-state index in [1.807, 2.05) is 0 Å². The number of hydrogen-bond acceptors (Lipinski definition) is 3. The minimum Gasteiger partial charge on any atom is -0.473 e. The van der Waals surface area contributed by atoms with Crippen LogP contribution in [0, 0.1) is 5.92 Å². The van der Waals surface area contributed by atoms with Gasteiger partial charge >= 0.3 is 11.9 Å². The van der Waals surface area contributed by atoms with Crippen molar-refractivity contribution < 1.29 is 19.8 Å². The first kappa shape index (κ1) is 17.9. The smallest absolute Gasteiger partial charge is 0.414 e. The summed E-state index contributed by atoms with van der Waals surface area (Å²) in [5, 5.41) is 18.4. The molecule has 1 aliphatic rings. The first-order valence-electron chi connectivity index (χ1n) is 7.40. The molecule has 120 valence electrons. The van der Waals surface area contributed by atoms with Crippen LogP contribution in [-0.2, 0) is 9.59 Å². The molecule has 0 fully saturated rings. The fraction of sp³-hybridized carbons (Fsp3) is 0.412. The van der Waals surface area contributed by atoms with E-state index < -0.39 is 11.9 Å². The van der Waals surface area contributed by atoms with Gasteiger partial charge in [0.15, 0.2) is 0 Å². The van der Waals surface area contributed by atoms with Crippen LogP contribution in [0.1, 0.15) is 37.8 Å². The van der Waals surface area contributed by atoms with Crippen molar-refractivity contribution in [2.24, 2.45) is 5.92 Å². The van der Waals surface area contributed by atoms with Crippen molar-refractivity contribution in [1.29, 1.82) is 0 Å². The van der Waals surface area contributed by atoms with Crippen LogP contribution in [0.2, 0.25) is 0 Å². The Bertz CT molecular complexity index is 487. The third kappa shape index (κ3) is 7.04. The summed E-state index contributed by atoms with van der Waals surface area (Å²) in [6, 6.07) is 11.1. The van der Waals surface area contributed by atoms with Gasteiger partial charge in [-0.1, -0.05) is 42.5 Å². The van der Waals surface area contributed by atoms with Gasteiger partial charge in [0.2, 0.25) is 0 Å². The summed E-state index contributed by atoms with van der Waals surface area (Å²) in [6.45, 7) is 3.38. The molecule has 5 heteroatoms. The number of allylic oxidation sites excluding steroid dienone is 2. The number of benzene rings is 1. The Kier molecular flexibility index (Phi) is 7.92. The molecule has 2 unspecified atom stereocenters. The van der Waals surface area contributed by atoms with Crippen molar-refractivity contribution in [3.8, 4) is 0 Å². The summed E-state index contributed by atoms with van der Waals surface area (Å²) in [4.78, 5) is 18.2. The van der Waals surface area contributed by atoms with E-state index in [0.29, 0.717) is 6.04 Å². The number of hydrogen-bond donors (Lipinski definition) is 3. The number of nitrogens with one attached hydrogen (secondary N) is 1. The second-order valence-electron chi connectivity index (χ2n) is 5.30. The van der Waals surface area contributed by atoms with Gasteiger partial charge in [-0.3, -0.25) is 0 Å². The average Bonchev–Trinajstić information content (AvgIpc) is 2.55. The van der Waals surface area contributed by atoms with Crippen LogP contribution in [0.3, 0.4) is 0 Å². The van der Waals surface area contributed by atoms with Crippen molar-refractivity contribution in [2.45, 2.75) is 32.2 Å². The monoisotopic (exact) mass is 305 g/mol. The fourth-order valence-electron chi connectivity index (χ4n) is 2.24. The van der Waals surface area contributed by atoms with Gasteiger partial charge in [-0.05, 0) is 44.2 Å². The lowest BCUT2D eigenvalue weighted by atomic mass is 9.94. The van der Waals surface area contributed by atoms with E-state index in [4.69, 9.17) is 19.8 Å². The summed E-state index contributed by atoms with van der Waals surface area (Å²) in [6.07, 6.45) is 8.46. The fourth-order valence-corrected chi connectivity index (χ4v) is 2.24. The van der Waals surface area contributed by atoms with E-state index in [1.165, 1.54) is 24.8 Å². The van der Waals surface area contributed by atoms with Crippen LogP contribution >= 0.6 is 0 Å². The molecule has 0 saturated carbocycles. The van der Waals surface area contributed by atoms with Gasteiger partial charge in [0.05, 0.1) is 0 Å². The lowest BCUT2D eigenvalue weighted by Gasteiger charge is -2.21. The quantitative estimate of drug-likeness (QED) is 0.588. The van der Waals surface area contributed by atoms with Gasteiger partial charge in [0.1, 0.15) is 0 Å². The molecule has 1 aromatic rings. The lowest BCUT2D eigenvalue weighted by molar-refractivity contribution is -0.159. The molecular formula is C17H23NO4. The van der Waals surface area contributed by atoms with Crippen LogP contribution in [-0.4, -0.2) is 28.7 Å². The Morgan fingerprint density at radius 2 is 1.82 bits per heavy atom. The molecule has 0 radical (unpaired) electrons. The zero-order chi connectivity index (χ0) is 16.4. The predicted molar refractivity (Wildman–Crippen MR) is 84.6 cm³/mol.